The number of hydrogen-bond donors (Lipinski definition) is 1. The Morgan fingerprint density at radius 3 is 2.31 bits per heavy atom. The summed E-state index contributed by atoms with van der Waals surface area (Å²) in [6, 6.07) is 15.5. The molecule has 32 heavy (non-hydrogen) atoms. The zero-order valence-corrected chi connectivity index (χ0v) is 18.2. The quantitative estimate of drug-likeness (QED) is 0.372. The number of nitrogens with zero attached hydrogens (tertiary/aromatic N) is 2. The predicted octanol–water partition coefficient (Wildman–Crippen LogP) is 4.33. The van der Waals surface area contributed by atoms with Crippen molar-refractivity contribution in [3.8, 4) is 5.75 Å². The van der Waals surface area contributed by atoms with Gasteiger partial charge in [0, 0.05) is 24.5 Å². The molecule has 6 nitrogen and oxygen atoms in total. The van der Waals surface area contributed by atoms with Gasteiger partial charge in [0.15, 0.2) is 0 Å². The van der Waals surface area contributed by atoms with Gasteiger partial charge in [0.1, 0.15) is 11.5 Å². The second-order valence-corrected chi connectivity index (χ2v) is 7.85. The molecule has 162 valence electrons. The Morgan fingerprint density at radius 2 is 1.69 bits per heavy atom. The van der Waals surface area contributed by atoms with Crippen molar-refractivity contribution in [1.29, 1.82) is 0 Å². The van der Waals surface area contributed by atoms with Gasteiger partial charge in [-0.05, 0) is 66.4 Å². The number of carbonyl (C=O) groups excluding carboxylic acids is 2. The van der Waals surface area contributed by atoms with Gasteiger partial charge in [-0.15, -0.1) is 0 Å². The maximum Gasteiger partial charge on any atom is 0.295 e. The summed E-state index contributed by atoms with van der Waals surface area (Å²) < 4.78 is 5.25. The molecule has 2 heterocycles. The van der Waals surface area contributed by atoms with E-state index in [0.717, 1.165) is 16.7 Å². The van der Waals surface area contributed by atoms with E-state index in [0.29, 0.717) is 16.9 Å². The maximum atomic E-state index is 13.1. The lowest BCUT2D eigenvalue weighted by molar-refractivity contribution is -0.140. The molecular formula is C26H24N2O4. The third kappa shape index (κ3) is 3.87. The van der Waals surface area contributed by atoms with Gasteiger partial charge in [-0.3, -0.25) is 14.6 Å². The fraction of sp³-hybridized carbons (Fsp3) is 0.192. The zero-order valence-electron chi connectivity index (χ0n) is 18.2. The van der Waals surface area contributed by atoms with E-state index in [1.54, 1.807) is 49.8 Å². The van der Waals surface area contributed by atoms with Gasteiger partial charge >= 0.3 is 0 Å². The molecule has 0 bridgehead atoms. The summed E-state index contributed by atoms with van der Waals surface area (Å²) >= 11 is 0. The molecule has 3 aromatic rings. The van der Waals surface area contributed by atoms with Crippen LogP contribution in [0.4, 0.5) is 0 Å². The Balaban J connectivity index is 1.86. The van der Waals surface area contributed by atoms with Gasteiger partial charge in [-0.1, -0.05) is 24.3 Å². The SMILES string of the molecule is COc1ccc(C2/C(=C(/O)c3ccc(C)c(C)c3)C(=O)C(=O)N2Cc2ccncc2)cc1. The highest BCUT2D eigenvalue weighted by Crippen LogP contribution is 2.40. The highest BCUT2D eigenvalue weighted by Gasteiger charge is 2.46. The maximum absolute atomic E-state index is 13.1. The van der Waals surface area contributed by atoms with Crippen molar-refractivity contribution in [2.75, 3.05) is 7.11 Å². The number of likely N-dealkylation sites (tertiary alicyclic amines) is 1. The minimum Gasteiger partial charge on any atom is -0.507 e. The number of aliphatic hydroxyl groups is 1. The van der Waals surface area contributed by atoms with Crippen LogP contribution in [-0.2, 0) is 16.1 Å². The number of aryl methyl sites for hydroxylation is 2. The number of methoxy groups -OCH3 is 1. The summed E-state index contributed by atoms with van der Waals surface area (Å²) in [5, 5.41) is 11.2. The Kier molecular flexibility index (Phi) is 5.77. The van der Waals surface area contributed by atoms with E-state index < -0.39 is 17.7 Å². The first kappa shape index (κ1) is 21.3. The third-order valence-corrected chi connectivity index (χ3v) is 5.85. The van der Waals surface area contributed by atoms with E-state index in [2.05, 4.69) is 4.98 Å². The highest BCUT2D eigenvalue weighted by atomic mass is 16.5. The molecule has 0 spiro atoms. The number of ketones is 1. The number of pyridine rings is 1. The fourth-order valence-electron chi connectivity index (χ4n) is 3.90. The van der Waals surface area contributed by atoms with Crippen LogP contribution >= 0.6 is 0 Å². The van der Waals surface area contributed by atoms with Crippen molar-refractivity contribution in [3.63, 3.8) is 0 Å². The van der Waals surface area contributed by atoms with Crippen molar-refractivity contribution in [1.82, 2.24) is 9.88 Å². The van der Waals surface area contributed by atoms with E-state index in [4.69, 9.17) is 4.74 Å². The lowest BCUT2D eigenvalue weighted by Crippen LogP contribution is -2.29. The first-order chi connectivity index (χ1) is 15.4. The lowest BCUT2D eigenvalue weighted by atomic mass is 9.94. The summed E-state index contributed by atoms with van der Waals surface area (Å²) in [6.45, 7) is 4.13. The van der Waals surface area contributed by atoms with E-state index >= 15 is 0 Å². The van der Waals surface area contributed by atoms with Gasteiger partial charge in [-0.25, -0.2) is 0 Å². The molecule has 2 aromatic carbocycles. The number of Topliss-reactive ketones (excluding diaryl/α,β-unsaturated/α-hetero) is 1. The van der Waals surface area contributed by atoms with Crippen LogP contribution in [0.3, 0.4) is 0 Å². The van der Waals surface area contributed by atoms with Crippen LogP contribution in [0.5, 0.6) is 5.75 Å². The number of rotatable bonds is 5. The Hall–Kier alpha value is -3.93. The van der Waals surface area contributed by atoms with Crippen molar-refractivity contribution >= 4 is 17.4 Å². The zero-order chi connectivity index (χ0) is 22.8. The van der Waals surface area contributed by atoms with Crippen LogP contribution in [0.2, 0.25) is 0 Å². The molecular weight excluding hydrogens is 404 g/mol. The fourth-order valence-corrected chi connectivity index (χ4v) is 3.90. The number of hydrogen-bond acceptors (Lipinski definition) is 5. The number of benzene rings is 2. The molecule has 0 saturated carbocycles. The van der Waals surface area contributed by atoms with E-state index in [1.807, 2.05) is 38.1 Å². The second kappa shape index (κ2) is 8.67. The van der Waals surface area contributed by atoms with Gasteiger partial charge in [0.25, 0.3) is 11.7 Å². The molecule has 1 aliphatic heterocycles. The lowest BCUT2D eigenvalue weighted by Gasteiger charge is -2.25. The molecule has 6 heteroatoms. The minimum absolute atomic E-state index is 0.0810. The first-order valence-electron chi connectivity index (χ1n) is 10.3. The molecule has 0 aliphatic carbocycles. The summed E-state index contributed by atoms with van der Waals surface area (Å²) in [5.41, 5.74) is 4.20. The smallest absolute Gasteiger partial charge is 0.295 e. The number of amides is 1. The van der Waals surface area contributed by atoms with Gasteiger partial charge in [0.05, 0.1) is 18.7 Å². The third-order valence-electron chi connectivity index (χ3n) is 5.85. The molecule has 4 rings (SSSR count). The van der Waals surface area contributed by atoms with Crippen LogP contribution < -0.4 is 4.74 Å². The van der Waals surface area contributed by atoms with Gasteiger partial charge in [-0.2, -0.15) is 0 Å². The van der Waals surface area contributed by atoms with Gasteiger partial charge in [0.2, 0.25) is 0 Å². The summed E-state index contributed by atoms with van der Waals surface area (Å²) in [6.07, 6.45) is 3.28. The molecule has 1 saturated heterocycles. The first-order valence-corrected chi connectivity index (χ1v) is 10.3. The van der Waals surface area contributed by atoms with E-state index in [-0.39, 0.29) is 17.9 Å². The molecule has 1 aliphatic rings. The van der Waals surface area contributed by atoms with Crippen molar-refractivity contribution in [2.24, 2.45) is 0 Å². The molecule has 1 aromatic heterocycles. The number of aliphatic hydroxyl groups excluding tert-OH is 1. The summed E-state index contributed by atoms with van der Waals surface area (Å²) in [5.74, 6) is -0.859. The molecule has 1 fully saturated rings. The number of ether oxygens (including phenoxy) is 1. The number of carbonyl (C=O) groups is 2. The Labute approximate surface area is 186 Å². The van der Waals surface area contributed by atoms with Crippen LogP contribution in [-0.4, -0.2) is 33.8 Å². The van der Waals surface area contributed by atoms with Gasteiger partial charge < -0.3 is 14.7 Å². The Bertz CT molecular complexity index is 1200. The van der Waals surface area contributed by atoms with E-state index in [9.17, 15) is 14.7 Å². The topological polar surface area (TPSA) is 79.7 Å². The highest BCUT2D eigenvalue weighted by molar-refractivity contribution is 6.46. The minimum atomic E-state index is -0.726. The average molecular weight is 428 g/mol. The van der Waals surface area contributed by atoms with Crippen molar-refractivity contribution in [3.05, 3.63) is 100 Å². The summed E-state index contributed by atoms with van der Waals surface area (Å²) in [4.78, 5) is 31.7. The predicted molar refractivity (Wildman–Crippen MR) is 121 cm³/mol. The van der Waals surface area contributed by atoms with Crippen molar-refractivity contribution < 1.29 is 19.4 Å². The Morgan fingerprint density at radius 1 is 1.00 bits per heavy atom. The summed E-state index contributed by atoms with van der Waals surface area (Å²) in [7, 11) is 1.57. The van der Waals surface area contributed by atoms with Crippen LogP contribution in [0.1, 0.15) is 33.9 Å². The molecule has 1 N–H and O–H groups in total. The number of aromatic nitrogens is 1. The standard InChI is InChI=1S/C26H24N2O4/c1-16-4-5-20(14-17(16)2)24(29)22-23(19-6-8-21(32-3)9-7-19)28(26(31)25(22)30)15-18-10-12-27-13-11-18/h4-14,23,29H,15H2,1-3H3/b24-22-. The van der Waals surface area contributed by atoms with E-state index in [1.165, 1.54) is 4.90 Å². The normalized spacial score (nSPS) is 17.6. The molecule has 1 amide bonds. The van der Waals surface area contributed by atoms with Crippen LogP contribution in [0.15, 0.2) is 72.6 Å². The monoisotopic (exact) mass is 428 g/mol. The average Bonchev–Trinajstić information content (AvgIpc) is 3.06. The van der Waals surface area contributed by atoms with Crippen molar-refractivity contribution in [2.45, 2.75) is 26.4 Å². The second-order valence-electron chi connectivity index (χ2n) is 7.85. The van der Waals surface area contributed by atoms with Crippen LogP contribution in [0, 0.1) is 13.8 Å². The molecule has 0 radical (unpaired) electrons. The molecule has 1 atom stereocenters. The molecule has 1 unspecified atom stereocenters. The van der Waals surface area contributed by atoms with Crippen LogP contribution in [0.25, 0.3) is 5.76 Å². The largest absolute Gasteiger partial charge is 0.507 e.